The molecule has 0 unspecified atom stereocenters. The first-order chi connectivity index (χ1) is 22.2. The Hall–Kier alpha value is -4.44. The molecular formula is C42H52N4. The number of anilines is 4. The van der Waals surface area contributed by atoms with Gasteiger partial charge in [0.25, 0.3) is 0 Å². The zero-order valence-electron chi connectivity index (χ0n) is 29.7. The van der Waals surface area contributed by atoms with Gasteiger partial charge in [0.05, 0.1) is 22.7 Å². The highest BCUT2D eigenvalue weighted by Gasteiger charge is 2.19. The molecule has 0 N–H and O–H groups in total. The molecule has 4 heteroatoms. The van der Waals surface area contributed by atoms with Crippen LogP contribution in [0.2, 0.25) is 0 Å². The van der Waals surface area contributed by atoms with E-state index in [1.807, 2.05) is 0 Å². The highest BCUT2D eigenvalue weighted by atomic mass is 15.1. The summed E-state index contributed by atoms with van der Waals surface area (Å²) < 4.78 is 0. The van der Waals surface area contributed by atoms with Crippen molar-refractivity contribution >= 4 is 65.8 Å². The van der Waals surface area contributed by atoms with E-state index in [9.17, 15) is 0 Å². The van der Waals surface area contributed by atoms with Gasteiger partial charge >= 0.3 is 0 Å². The molecule has 0 saturated carbocycles. The van der Waals surface area contributed by atoms with Crippen LogP contribution in [0.5, 0.6) is 0 Å². The zero-order valence-corrected chi connectivity index (χ0v) is 29.7. The van der Waals surface area contributed by atoms with Crippen LogP contribution in [-0.2, 0) is 0 Å². The molecule has 6 aromatic carbocycles. The van der Waals surface area contributed by atoms with E-state index >= 15 is 0 Å². The lowest BCUT2D eigenvalue weighted by atomic mass is 9.94. The molecule has 4 nitrogen and oxygen atoms in total. The topological polar surface area (TPSA) is 13.0 Å². The Balaban J connectivity index is 0.000000181. The number of rotatable bonds is 8. The Labute approximate surface area is 276 Å². The van der Waals surface area contributed by atoms with Crippen molar-refractivity contribution in [2.45, 2.75) is 41.5 Å². The van der Waals surface area contributed by atoms with Crippen LogP contribution in [0.25, 0.3) is 43.1 Å². The third-order valence-electron chi connectivity index (χ3n) is 9.75. The Bertz CT molecular complexity index is 1960. The summed E-state index contributed by atoms with van der Waals surface area (Å²) in [6.07, 6.45) is 0. The molecule has 0 fully saturated rings. The van der Waals surface area contributed by atoms with Gasteiger partial charge in [-0.2, -0.15) is 0 Å². The van der Waals surface area contributed by atoms with Gasteiger partial charge in [-0.25, -0.2) is 0 Å². The van der Waals surface area contributed by atoms with E-state index < -0.39 is 0 Å². The van der Waals surface area contributed by atoms with Gasteiger partial charge in [-0.15, -0.1) is 0 Å². The van der Waals surface area contributed by atoms with Crippen LogP contribution in [0, 0.1) is 13.8 Å². The van der Waals surface area contributed by atoms with Crippen molar-refractivity contribution < 1.29 is 0 Å². The van der Waals surface area contributed by atoms with E-state index in [1.165, 1.54) is 77.0 Å². The van der Waals surface area contributed by atoms with E-state index in [4.69, 9.17) is 0 Å². The average molecular weight is 613 g/mol. The third kappa shape index (κ3) is 5.82. The third-order valence-corrected chi connectivity index (χ3v) is 9.75. The molecule has 6 aromatic rings. The van der Waals surface area contributed by atoms with Gasteiger partial charge < -0.3 is 19.6 Å². The molecule has 0 spiro atoms. The zero-order chi connectivity index (χ0) is 33.1. The number of nitrogens with zero attached hydrogens (tertiary/aromatic N) is 4. The van der Waals surface area contributed by atoms with Gasteiger partial charge in [-0.1, -0.05) is 84.4 Å². The molecule has 0 bridgehead atoms. The van der Waals surface area contributed by atoms with Gasteiger partial charge in [0, 0.05) is 97.5 Å². The van der Waals surface area contributed by atoms with Crippen molar-refractivity contribution in [1.29, 1.82) is 0 Å². The number of aryl methyl sites for hydroxylation is 2. The van der Waals surface area contributed by atoms with Crippen molar-refractivity contribution in [2.24, 2.45) is 0 Å². The fraction of sp³-hybridized carbons (Fsp3) is 0.333. The van der Waals surface area contributed by atoms with Crippen LogP contribution in [0.3, 0.4) is 0 Å². The highest BCUT2D eigenvalue weighted by Crippen LogP contribution is 2.45. The van der Waals surface area contributed by atoms with Crippen LogP contribution in [-0.4, -0.2) is 54.4 Å². The van der Waals surface area contributed by atoms with E-state index in [0.29, 0.717) is 0 Å². The summed E-state index contributed by atoms with van der Waals surface area (Å²) in [5, 5.41) is 10.8. The van der Waals surface area contributed by atoms with E-state index in [1.54, 1.807) is 0 Å². The number of fused-ring (bicyclic) bond motifs is 4. The predicted molar refractivity (Wildman–Crippen MR) is 208 cm³/mol. The summed E-state index contributed by atoms with van der Waals surface area (Å²) in [7, 11) is 8.75. The molecule has 0 aliphatic rings. The molecule has 0 radical (unpaired) electrons. The lowest BCUT2D eigenvalue weighted by Gasteiger charge is -2.28. The highest BCUT2D eigenvalue weighted by molar-refractivity contribution is 6.21. The maximum atomic E-state index is 2.37. The Morgan fingerprint density at radius 3 is 1.24 bits per heavy atom. The summed E-state index contributed by atoms with van der Waals surface area (Å²) in [5.41, 5.74) is 8.03. The minimum atomic E-state index is 0.996. The molecule has 46 heavy (non-hydrogen) atoms. The van der Waals surface area contributed by atoms with Crippen LogP contribution < -0.4 is 19.6 Å². The van der Waals surface area contributed by atoms with Gasteiger partial charge in [-0.3, -0.25) is 0 Å². The average Bonchev–Trinajstić information content (AvgIpc) is 3.08. The standard InChI is InChI=1S/2C21H26N2/c1-6-22(4)20-16-12-8-9-13-17(16)21(23(5)7-2)19-15(3)11-10-14-18(19)20;1-6-22(4)20-16-10-8-9-11-17(16)21(23(5)7-2)19-14-15(3)12-13-18(19)20/h2*8-14H,6-7H2,1-5H3. The van der Waals surface area contributed by atoms with Crippen molar-refractivity contribution in [2.75, 3.05) is 74.0 Å². The normalized spacial score (nSPS) is 11.2. The number of benzene rings is 6. The summed E-state index contributed by atoms with van der Waals surface area (Å²) in [5.74, 6) is 0. The molecular weight excluding hydrogens is 560 g/mol. The first-order valence-electron chi connectivity index (χ1n) is 16.9. The lowest BCUT2D eigenvalue weighted by Crippen LogP contribution is -2.20. The SMILES string of the molecule is CCN(C)c1c2ccccc2c(N(C)CC)c2c(C)cccc12.CCN(C)c1c2ccccc2c(N(C)CC)c2cc(C)ccc12. The fourth-order valence-electron chi connectivity index (χ4n) is 6.86. The van der Waals surface area contributed by atoms with Gasteiger partial charge in [0.1, 0.15) is 0 Å². The number of hydrogen-bond donors (Lipinski definition) is 0. The summed E-state index contributed by atoms with van der Waals surface area (Å²) in [6.45, 7) is 17.2. The van der Waals surface area contributed by atoms with Crippen molar-refractivity contribution in [1.82, 2.24) is 0 Å². The smallest absolute Gasteiger partial charge is 0.0527 e. The minimum Gasteiger partial charge on any atom is -0.374 e. The Morgan fingerprint density at radius 2 is 0.761 bits per heavy atom. The largest absolute Gasteiger partial charge is 0.374 e. The van der Waals surface area contributed by atoms with Crippen LogP contribution in [0.1, 0.15) is 38.8 Å². The second-order valence-electron chi connectivity index (χ2n) is 12.6. The molecule has 0 aromatic heterocycles. The maximum absolute atomic E-state index is 2.37. The summed E-state index contributed by atoms with van der Waals surface area (Å²) in [6, 6.07) is 31.1. The minimum absolute atomic E-state index is 0.996. The molecule has 240 valence electrons. The quantitative estimate of drug-likeness (QED) is 0.125. The van der Waals surface area contributed by atoms with Crippen LogP contribution in [0.4, 0.5) is 22.7 Å². The molecule has 0 saturated heterocycles. The first kappa shape index (κ1) is 32.9. The predicted octanol–water partition coefficient (Wildman–Crippen LogP) is 10.4. The number of hydrogen-bond acceptors (Lipinski definition) is 4. The molecule has 0 heterocycles. The van der Waals surface area contributed by atoms with Gasteiger partial charge in [0.2, 0.25) is 0 Å². The Kier molecular flexibility index (Phi) is 9.96. The van der Waals surface area contributed by atoms with E-state index in [2.05, 4.69) is 174 Å². The lowest BCUT2D eigenvalue weighted by molar-refractivity contribution is 0.972. The van der Waals surface area contributed by atoms with Crippen molar-refractivity contribution in [3.05, 3.63) is 96.1 Å². The van der Waals surface area contributed by atoms with Gasteiger partial charge in [0.15, 0.2) is 0 Å². The first-order valence-corrected chi connectivity index (χ1v) is 16.9. The van der Waals surface area contributed by atoms with Gasteiger partial charge in [-0.05, 0) is 53.2 Å². The van der Waals surface area contributed by atoms with E-state index in [-0.39, 0.29) is 0 Å². The van der Waals surface area contributed by atoms with Crippen molar-refractivity contribution in [3.63, 3.8) is 0 Å². The second-order valence-corrected chi connectivity index (χ2v) is 12.6. The monoisotopic (exact) mass is 612 g/mol. The van der Waals surface area contributed by atoms with Crippen LogP contribution >= 0.6 is 0 Å². The summed E-state index contributed by atoms with van der Waals surface area (Å²) in [4.78, 5) is 9.45. The molecule has 0 aliphatic carbocycles. The summed E-state index contributed by atoms with van der Waals surface area (Å²) >= 11 is 0. The van der Waals surface area contributed by atoms with Crippen molar-refractivity contribution in [3.8, 4) is 0 Å². The molecule has 0 amide bonds. The fourth-order valence-corrected chi connectivity index (χ4v) is 6.86. The molecule has 0 atom stereocenters. The van der Waals surface area contributed by atoms with E-state index in [0.717, 1.165) is 26.2 Å². The maximum Gasteiger partial charge on any atom is 0.0527 e. The Morgan fingerprint density at radius 1 is 0.391 bits per heavy atom. The molecule has 6 rings (SSSR count). The second kappa shape index (κ2) is 13.9. The van der Waals surface area contributed by atoms with Crippen LogP contribution in [0.15, 0.2) is 84.9 Å². The molecule has 0 aliphatic heterocycles.